The molecule has 2 aromatic carbocycles. The molecule has 21 heavy (non-hydrogen) atoms. The summed E-state index contributed by atoms with van der Waals surface area (Å²) >= 11 is 6.55. The van der Waals surface area contributed by atoms with E-state index < -0.39 is 10.0 Å². The van der Waals surface area contributed by atoms with Crippen LogP contribution in [0.5, 0.6) is 0 Å². The van der Waals surface area contributed by atoms with Crippen LogP contribution in [-0.4, -0.2) is 19.8 Å². The SMILES string of the molecule is CN(Cc1ccc(F)cc1)S(=O)(=O)c1ccc(Br)cc1Br. The van der Waals surface area contributed by atoms with Gasteiger partial charge < -0.3 is 0 Å². The van der Waals surface area contributed by atoms with Crippen molar-refractivity contribution in [2.45, 2.75) is 11.4 Å². The van der Waals surface area contributed by atoms with Gasteiger partial charge in [-0.25, -0.2) is 12.8 Å². The van der Waals surface area contributed by atoms with Gasteiger partial charge >= 0.3 is 0 Å². The van der Waals surface area contributed by atoms with Gasteiger partial charge in [0.2, 0.25) is 10.0 Å². The fourth-order valence-electron chi connectivity index (χ4n) is 1.78. The zero-order valence-corrected chi connectivity index (χ0v) is 15.0. The minimum atomic E-state index is -3.62. The second-order valence-corrected chi connectivity index (χ2v) is 8.25. The average Bonchev–Trinajstić information content (AvgIpc) is 2.40. The lowest BCUT2D eigenvalue weighted by Gasteiger charge is -2.18. The minimum Gasteiger partial charge on any atom is -0.207 e. The van der Waals surface area contributed by atoms with Crippen molar-refractivity contribution in [3.8, 4) is 0 Å². The topological polar surface area (TPSA) is 37.4 Å². The quantitative estimate of drug-likeness (QED) is 0.721. The van der Waals surface area contributed by atoms with Gasteiger partial charge in [-0.2, -0.15) is 4.31 Å². The molecule has 0 N–H and O–H groups in total. The first-order valence-corrected chi connectivity index (χ1v) is 8.99. The summed E-state index contributed by atoms with van der Waals surface area (Å²) in [6.45, 7) is 0.172. The Hall–Kier alpha value is -0.760. The first-order chi connectivity index (χ1) is 9.80. The number of sulfonamides is 1. The number of rotatable bonds is 4. The van der Waals surface area contributed by atoms with Gasteiger partial charge in [-0.05, 0) is 51.8 Å². The van der Waals surface area contributed by atoms with Crippen molar-refractivity contribution >= 4 is 41.9 Å². The van der Waals surface area contributed by atoms with Crippen molar-refractivity contribution in [1.29, 1.82) is 0 Å². The summed E-state index contributed by atoms with van der Waals surface area (Å²) in [5.41, 5.74) is 0.718. The molecule has 0 spiro atoms. The van der Waals surface area contributed by atoms with Gasteiger partial charge in [0.05, 0.1) is 4.90 Å². The largest absolute Gasteiger partial charge is 0.244 e. The zero-order chi connectivity index (χ0) is 15.6. The highest BCUT2D eigenvalue weighted by atomic mass is 79.9. The minimum absolute atomic E-state index is 0.172. The van der Waals surface area contributed by atoms with Crippen LogP contribution in [-0.2, 0) is 16.6 Å². The predicted molar refractivity (Wildman–Crippen MR) is 86.9 cm³/mol. The molecule has 0 heterocycles. The van der Waals surface area contributed by atoms with Crippen LogP contribution >= 0.6 is 31.9 Å². The van der Waals surface area contributed by atoms with E-state index in [1.54, 1.807) is 24.3 Å². The maximum absolute atomic E-state index is 12.9. The van der Waals surface area contributed by atoms with Crippen LogP contribution in [0.2, 0.25) is 0 Å². The van der Waals surface area contributed by atoms with Crippen LogP contribution in [0.15, 0.2) is 56.3 Å². The first-order valence-electron chi connectivity index (χ1n) is 5.96. The van der Waals surface area contributed by atoms with Gasteiger partial charge in [-0.15, -0.1) is 0 Å². The Morgan fingerprint density at radius 2 is 1.71 bits per heavy atom. The van der Waals surface area contributed by atoms with Crippen molar-refractivity contribution in [3.05, 3.63) is 62.8 Å². The summed E-state index contributed by atoms with van der Waals surface area (Å²) in [7, 11) is -2.13. The van der Waals surface area contributed by atoms with E-state index in [0.29, 0.717) is 4.47 Å². The molecular weight excluding hydrogens is 425 g/mol. The highest BCUT2D eigenvalue weighted by Crippen LogP contribution is 2.28. The summed E-state index contributed by atoms with van der Waals surface area (Å²) in [4.78, 5) is 0.190. The third kappa shape index (κ3) is 3.91. The Kier molecular flexibility index (Phi) is 5.19. The molecule has 0 amide bonds. The molecule has 0 aliphatic rings. The van der Waals surface area contributed by atoms with Crippen molar-refractivity contribution < 1.29 is 12.8 Å². The number of hydrogen-bond acceptors (Lipinski definition) is 2. The molecule has 2 aromatic rings. The maximum Gasteiger partial charge on any atom is 0.244 e. The van der Waals surface area contributed by atoms with E-state index in [2.05, 4.69) is 31.9 Å². The van der Waals surface area contributed by atoms with Gasteiger partial charge in [0.25, 0.3) is 0 Å². The van der Waals surface area contributed by atoms with Gasteiger partial charge in [-0.1, -0.05) is 28.1 Å². The summed E-state index contributed by atoms with van der Waals surface area (Å²) in [6, 6.07) is 10.6. The average molecular weight is 437 g/mol. The monoisotopic (exact) mass is 435 g/mol. The Labute approximate surface area is 140 Å². The molecule has 0 saturated heterocycles. The third-order valence-corrected chi connectivity index (χ3v) is 6.17. The van der Waals surface area contributed by atoms with E-state index in [1.807, 2.05) is 0 Å². The van der Waals surface area contributed by atoms with Crippen LogP contribution in [0, 0.1) is 5.82 Å². The summed E-state index contributed by atoms with van der Waals surface area (Å²) < 4.78 is 40.5. The summed E-state index contributed by atoms with van der Waals surface area (Å²) in [5.74, 6) is -0.347. The van der Waals surface area contributed by atoms with Crippen LogP contribution in [0.3, 0.4) is 0 Å². The molecule has 0 atom stereocenters. The standard InChI is InChI=1S/C14H12Br2FNO2S/c1-18(9-10-2-5-12(17)6-3-10)21(19,20)14-7-4-11(15)8-13(14)16/h2-8H,9H2,1H3. The Balaban J connectivity index is 2.28. The third-order valence-electron chi connectivity index (χ3n) is 2.90. The molecule has 112 valence electrons. The molecule has 0 fully saturated rings. The van der Waals surface area contributed by atoms with Crippen molar-refractivity contribution in [2.24, 2.45) is 0 Å². The first kappa shape index (κ1) is 16.6. The molecule has 0 bridgehead atoms. The zero-order valence-electron chi connectivity index (χ0n) is 11.1. The van der Waals surface area contributed by atoms with Crippen LogP contribution in [0.25, 0.3) is 0 Å². The molecule has 0 saturated carbocycles. The Morgan fingerprint density at radius 3 is 2.29 bits per heavy atom. The lowest BCUT2D eigenvalue weighted by atomic mass is 10.2. The summed E-state index contributed by atoms with van der Waals surface area (Å²) in [6.07, 6.45) is 0. The molecule has 7 heteroatoms. The lowest BCUT2D eigenvalue weighted by Crippen LogP contribution is -2.26. The van der Waals surface area contributed by atoms with Crippen LogP contribution < -0.4 is 0 Å². The predicted octanol–water partition coefficient (Wildman–Crippen LogP) is 4.17. The van der Waals surface area contributed by atoms with E-state index in [9.17, 15) is 12.8 Å². The molecule has 3 nitrogen and oxygen atoms in total. The highest BCUT2D eigenvalue weighted by molar-refractivity contribution is 9.11. The van der Waals surface area contributed by atoms with Crippen LogP contribution in [0.4, 0.5) is 4.39 Å². The van der Waals surface area contributed by atoms with Gasteiger partial charge in [-0.3, -0.25) is 0 Å². The van der Waals surface area contributed by atoms with E-state index in [0.717, 1.165) is 10.0 Å². The van der Waals surface area contributed by atoms with E-state index in [-0.39, 0.29) is 17.3 Å². The van der Waals surface area contributed by atoms with Gasteiger partial charge in [0.1, 0.15) is 5.82 Å². The van der Waals surface area contributed by atoms with Crippen molar-refractivity contribution in [2.75, 3.05) is 7.05 Å². The fraction of sp³-hybridized carbons (Fsp3) is 0.143. The van der Waals surface area contributed by atoms with Gasteiger partial charge in [0, 0.05) is 22.5 Å². The van der Waals surface area contributed by atoms with Crippen molar-refractivity contribution in [3.63, 3.8) is 0 Å². The van der Waals surface area contributed by atoms with Crippen molar-refractivity contribution in [1.82, 2.24) is 4.31 Å². The second kappa shape index (κ2) is 6.56. The normalized spacial score (nSPS) is 11.9. The number of nitrogens with zero attached hydrogens (tertiary/aromatic N) is 1. The van der Waals surface area contributed by atoms with Gasteiger partial charge in [0.15, 0.2) is 0 Å². The van der Waals surface area contributed by atoms with E-state index in [4.69, 9.17) is 0 Å². The Bertz CT molecular complexity index is 748. The second-order valence-electron chi connectivity index (χ2n) is 4.46. The Morgan fingerprint density at radius 1 is 1.10 bits per heavy atom. The lowest BCUT2D eigenvalue weighted by molar-refractivity contribution is 0.466. The molecule has 0 aromatic heterocycles. The van der Waals surface area contributed by atoms with E-state index in [1.165, 1.54) is 29.6 Å². The smallest absolute Gasteiger partial charge is 0.207 e. The molecule has 0 unspecified atom stereocenters. The molecule has 0 aliphatic heterocycles. The molecule has 0 radical (unpaired) electrons. The number of halogens is 3. The maximum atomic E-state index is 12.9. The molecule has 0 aliphatic carbocycles. The molecule has 2 rings (SSSR count). The number of benzene rings is 2. The summed E-state index contributed by atoms with van der Waals surface area (Å²) in [5, 5.41) is 0. The fourth-order valence-corrected chi connectivity index (χ4v) is 4.65. The van der Waals surface area contributed by atoms with E-state index >= 15 is 0 Å². The number of hydrogen-bond donors (Lipinski definition) is 0. The highest BCUT2D eigenvalue weighted by Gasteiger charge is 2.23. The molecular formula is C14H12Br2FNO2S. The van der Waals surface area contributed by atoms with Crippen LogP contribution in [0.1, 0.15) is 5.56 Å².